The summed E-state index contributed by atoms with van der Waals surface area (Å²) in [6, 6.07) is 18.2. The van der Waals surface area contributed by atoms with E-state index in [2.05, 4.69) is 12.1 Å². The summed E-state index contributed by atoms with van der Waals surface area (Å²) in [6.45, 7) is 0. The summed E-state index contributed by atoms with van der Waals surface area (Å²) in [5.41, 5.74) is 3.35. The molecule has 0 aliphatic heterocycles. The molecule has 0 amide bonds. The molecule has 0 aromatic heterocycles. The topological polar surface area (TPSA) is 37.4 Å². The Labute approximate surface area is 120 Å². The predicted molar refractivity (Wildman–Crippen MR) is 83.1 cm³/mol. The quantitative estimate of drug-likeness (QED) is 0.849. The second kappa shape index (κ2) is 6.20. The summed E-state index contributed by atoms with van der Waals surface area (Å²) in [7, 11) is 0.00131. The lowest BCUT2D eigenvalue weighted by Crippen LogP contribution is -2.25. The van der Waals surface area contributed by atoms with Crippen LogP contribution in [0.1, 0.15) is 5.56 Å². The van der Waals surface area contributed by atoms with Gasteiger partial charge >= 0.3 is 0 Å². The largest absolute Gasteiger partial charge is 0.213 e. The minimum absolute atomic E-state index is 0.144. The summed E-state index contributed by atoms with van der Waals surface area (Å²) in [5.74, 6) is 0.144. The Bertz CT molecular complexity index is 647. The van der Waals surface area contributed by atoms with Crippen LogP contribution in [-0.2, 0) is 16.4 Å². The standard InChI is InChI=1S/C16H19NO2S/c1-17(2)20(18,19)13-12-14-8-10-16(11-9-14)15-6-4-3-5-7-15/h3-11H,12-13H2,1-2H3. The molecule has 0 radical (unpaired) electrons. The Morgan fingerprint density at radius 1 is 0.850 bits per heavy atom. The molecule has 0 aliphatic carbocycles. The van der Waals surface area contributed by atoms with E-state index in [9.17, 15) is 8.42 Å². The van der Waals surface area contributed by atoms with Crippen LogP contribution >= 0.6 is 0 Å². The van der Waals surface area contributed by atoms with E-state index in [1.807, 2.05) is 42.5 Å². The lowest BCUT2D eigenvalue weighted by molar-refractivity contribution is 0.520. The molecule has 2 aromatic rings. The molecule has 0 N–H and O–H groups in total. The number of nitrogens with zero attached hydrogens (tertiary/aromatic N) is 1. The molecule has 0 spiro atoms. The van der Waals surface area contributed by atoms with E-state index in [4.69, 9.17) is 0 Å². The summed E-state index contributed by atoms with van der Waals surface area (Å²) < 4.78 is 24.7. The number of hydrogen-bond donors (Lipinski definition) is 0. The molecule has 0 saturated heterocycles. The Balaban J connectivity index is 2.06. The van der Waals surface area contributed by atoms with Crippen LogP contribution in [0.5, 0.6) is 0 Å². The van der Waals surface area contributed by atoms with Crippen LogP contribution in [0.4, 0.5) is 0 Å². The van der Waals surface area contributed by atoms with Crippen LogP contribution in [0.2, 0.25) is 0 Å². The van der Waals surface area contributed by atoms with Crippen LogP contribution in [0.15, 0.2) is 54.6 Å². The van der Waals surface area contributed by atoms with Crippen LogP contribution < -0.4 is 0 Å². The molecule has 4 heteroatoms. The van der Waals surface area contributed by atoms with E-state index in [-0.39, 0.29) is 5.75 Å². The predicted octanol–water partition coefficient (Wildman–Crippen LogP) is 2.79. The van der Waals surface area contributed by atoms with Crippen molar-refractivity contribution in [2.24, 2.45) is 0 Å². The van der Waals surface area contributed by atoms with Gasteiger partial charge in [-0.05, 0) is 23.1 Å². The smallest absolute Gasteiger partial charge is 0.212 e. The average Bonchev–Trinajstić information content (AvgIpc) is 2.46. The molecular formula is C16H19NO2S. The lowest BCUT2D eigenvalue weighted by Gasteiger charge is -2.11. The van der Waals surface area contributed by atoms with Gasteiger partial charge in [-0.1, -0.05) is 54.6 Å². The second-order valence-corrected chi connectivity index (χ2v) is 7.21. The highest BCUT2D eigenvalue weighted by molar-refractivity contribution is 7.89. The van der Waals surface area contributed by atoms with Gasteiger partial charge in [0, 0.05) is 14.1 Å². The number of aryl methyl sites for hydroxylation is 1. The average molecular weight is 289 g/mol. The van der Waals surface area contributed by atoms with Crippen LogP contribution in [0.3, 0.4) is 0 Å². The van der Waals surface area contributed by atoms with Crippen molar-refractivity contribution in [1.29, 1.82) is 0 Å². The van der Waals surface area contributed by atoms with Gasteiger partial charge in [-0.25, -0.2) is 12.7 Å². The Morgan fingerprint density at radius 3 is 1.95 bits per heavy atom. The maximum atomic E-state index is 11.7. The Kier molecular flexibility index (Phi) is 4.57. The van der Waals surface area contributed by atoms with Gasteiger partial charge in [0.25, 0.3) is 0 Å². The lowest BCUT2D eigenvalue weighted by atomic mass is 10.0. The van der Waals surface area contributed by atoms with E-state index in [1.54, 1.807) is 14.1 Å². The summed E-state index contributed by atoms with van der Waals surface area (Å²) in [4.78, 5) is 0. The second-order valence-electron chi connectivity index (χ2n) is 4.91. The van der Waals surface area contributed by atoms with E-state index in [0.29, 0.717) is 6.42 Å². The van der Waals surface area contributed by atoms with Crippen LogP contribution in [-0.4, -0.2) is 32.6 Å². The molecule has 0 unspecified atom stereocenters. The first-order chi connectivity index (χ1) is 9.49. The third kappa shape index (κ3) is 3.68. The zero-order valence-electron chi connectivity index (χ0n) is 11.8. The van der Waals surface area contributed by atoms with E-state index >= 15 is 0 Å². The monoisotopic (exact) mass is 289 g/mol. The van der Waals surface area contributed by atoms with Gasteiger partial charge in [0.1, 0.15) is 0 Å². The molecule has 2 rings (SSSR count). The molecule has 20 heavy (non-hydrogen) atoms. The molecule has 2 aromatic carbocycles. The van der Waals surface area contributed by atoms with Gasteiger partial charge in [0.15, 0.2) is 0 Å². The minimum atomic E-state index is -3.13. The van der Waals surface area contributed by atoms with Crippen molar-refractivity contribution in [2.75, 3.05) is 19.8 Å². The molecule has 3 nitrogen and oxygen atoms in total. The molecule has 0 bridgehead atoms. The molecule has 0 atom stereocenters. The van der Waals surface area contributed by atoms with Gasteiger partial charge < -0.3 is 0 Å². The zero-order valence-corrected chi connectivity index (χ0v) is 12.6. The normalized spacial score (nSPS) is 11.8. The van der Waals surface area contributed by atoms with Crippen molar-refractivity contribution in [3.05, 3.63) is 60.2 Å². The van der Waals surface area contributed by atoms with Crippen molar-refractivity contribution in [3.8, 4) is 11.1 Å². The SMILES string of the molecule is CN(C)S(=O)(=O)CCc1ccc(-c2ccccc2)cc1. The fourth-order valence-corrected chi connectivity index (χ4v) is 2.78. The highest BCUT2D eigenvalue weighted by Crippen LogP contribution is 2.19. The fourth-order valence-electron chi connectivity index (χ4n) is 1.92. The van der Waals surface area contributed by atoms with Gasteiger partial charge in [-0.3, -0.25) is 0 Å². The van der Waals surface area contributed by atoms with Gasteiger partial charge in [-0.15, -0.1) is 0 Å². The van der Waals surface area contributed by atoms with Crippen molar-refractivity contribution in [2.45, 2.75) is 6.42 Å². The highest BCUT2D eigenvalue weighted by atomic mass is 32.2. The molecule has 0 aliphatic rings. The summed E-state index contributed by atoms with van der Waals surface area (Å²) in [6.07, 6.45) is 0.537. The number of hydrogen-bond acceptors (Lipinski definition) is 2. The van der Waals surface area contributed by atoms with Gasteiger partial charge in [-0.2, -0.15) is 0 Å². The number of sulfonamides is 1. The molecule has 0 saturated carbocycles. The van der Waals surface area contributed by atoms with Crippen molar-refractivity contribution in [3.63, 3.8) is 0 Å². The molecule has 106 valence electrons. The third-order valence-electron chi connectivity index (χ3n) is 3.27. The number of rotatable bonds is 5. The van der Waals surface area contributed by atoms with Crippen molar-refractivity contribution >= 4 is 10.0 Å². The third-order valence-corrected chi connectivity index (χ3v) is 5.10. The first kappa shape index (κ1) is 14.8. The summed E-state index contributed by atoms with van der Waals surface area (Å²) in [5, 5.41) is 0. The van der Waals surface area contributed by atoms with Crippen LogP contribution in [0, 0.1) is 0 Å². The minimum Gasteiger partial charge on any atom is -0.212 e. The fraction of sp³-hybridized carbons (Fsp3) is 0.250. The van der Waals surface area contributed by atoms with Crippen molar-refractivity contribution < 1.29 is 8.42 Å². The highest BCUT2D eigenvalue weighted by Gasteiger charge is 2.13. The molecular weight excluding hydrogens is 270 g/mol. The molecule has 0 heterocycles. The number of benzene rings is 2. The van der Waals surface area contributed by atoms with Gasteiger partial charge in [0.05, 0.1) is 5.75 Å². The van der Waals surface area contributed by atoms with Crippen LogP contribution in [0.25, 0.3) is 11.1 Å². The van der Waals surface area contributed by atoms with E-state index in [0.717, 1.165) is 11.1 Å². The summed E-state index contributed by atoms with van der Waals surface area (Å²) >= 11 is 0. The first-order valence-electron chi connectivity index (χ1n) is 6.53. The van der Waals surface area contributed by atoms with E-state index in [1.165, 1.54) is 9.87 Å². The first-order valence-corrected chi connectivity index (χ1v) is 8.14. The maximum absolute atomic E-state index is 11.7. The van der Waals surface area contributed by atoms with Crippen molar-refractivity contribution in [1.82, 2.24) is 4.31 Å². The molecule has 0 fully saturated rings. The Morgan fingerprint density at radius 2 is 1.40 bits per heavy atom. The van der Waals surface area contributed by atoms with Gasteiger partial charge in [0.2, 0.25) is 10.0 Å². The zero-order chi connectivity index (χ0) is 14.6. The maximum Gasteiger partial charge on any atom is 0.213 e. The Hall–Kier alpha value is -1.65. The van der Waals surface area contributed by atoms with E-state index < -0.39 is 10.0 Å².